The first-order valence-corrected chi connectivity index (χ1v) is 7.87. The number of amides is 1. The zero-order valence-electron chi connectivity index (χ0n) is 13.2. The predicted octanol–water partition coefficient (Wildman–Crippen LogP) is 2.98. The number of aliphatic carboxylic acids is 1. The average molecular weight is 333 g/mol. The summed E-state index contributed by atoms with van der Waals surface area (Å²) in [5.41, 5.74) is 1.65. The molecular formula is C17H20FN3O3. The maximum absolute atomic E-state index is 12.9. The molecule has 0 aliphatic rings. The Hall–Kier alpha value is -2.70. The fraction of sp³-hybridized carbons (Fsp3) is 0.353. The van der Waals surface area contributed by atoms with Gasteiger partial charge in [0.15, 0.2) is 0 Å². The second-order valence-corrected chi connectivity index (χ2v) is 5.49. The highest BCUT2D eigenvalue weighted by Gasteiger charge is 2.10. The monoisotopic (exact) mass is 333 g/mol. The van der Waals surface area contributed by atoms with E-state index in [1.54, 1.807) is 18.2 Å². The lowest BCUT2D eigenvalue weighted by Gasteiger charge is -2.03. The topological polar surface area (TPSA) is 95.1 Å². The number of unbranched alkanes of at least 4 members (excludes halogenated alkanes) is 3. The molecule has 1 amide bonds. The third-order valence-electron chi connectivity index (χ3n) is 3.57. The number of benzene rings is 1. The molecule has 0 saturated carbocycles. The van der Waals surface area contributed by atoms with E-state index in [0.29, 0.717) is 24.4 Å². The van der Waals surface area contributed by atoms with Crippen LogP contribution in [0.3, 0.4) is 0 Å². The third kappa shape index (κ3) is 5.49. The minimum Gasteiger partial charge on any atom is -0.481 e. The number of halogens is 1. The van der Waals surface area contributed by atoms with Gasteiger partial charge in [-0.3, -0.25) is 14.7 Å². The van der Waals surface area contributed by atoms with Crippen LogP contribution in [-0.4, -0.2) is 33.7 Å². The number of aromatic amines is 1. The summed E-state index contributed by atoms with van der Waals surface area (Å²) >= 11 is 0. The molecule has 24 heavy (non-hydrogen) atoms. The number of nitrogens with zero attached hydrogens (tertiary/aromatic N) is 1. The van der Waals surface area contributed by atoms with Crippen molar-refractivity contribution in [3.63, 3.8) is 0 Å². The Labute approximate surface area is 139 Å². The maximum Gasteiger partial charge on any atom is 0.303 e. The third-order valence-corrected chi connectivity index (χ3v) is 3.57. The smallest absolute Gasteiger partial charge is 0.303 e. The number of hydrogen-bond donors (Lipinski definition) is 3. The fourth-order valence-corrected chi connectivity index (χ4v) is 2.26. The molecule has 128 valence electrons. The van der Waals surface area contributed by atoms with Crippen LogP contribution in [0.15, 0.2) is 30.3 Å². The van der Waals surface area contributed by atoms with Crippen LogP contribution in [0.4, 0.5) is 4.39 Å². The van der Waals surface area contributed by atoms with Gasteiger partial charge in [-0.1, -0.05) is 12.8 Å². The molecule has 1 aromatic carbocycles. The van der Waals surface area contributed by atoms with Crippen molar-refractivity contribution >= 4 is 11.9 Å². The average Bonchev–Trinajstić information content (AvgIpc) is 3.04. The highest BCUT2D eigenvalue weighted by Crippen LogP contribution is 2.17. The minimum atomic E-state index is -0.778. The van der Waals surface area contributed by atoms with Crippen molar-refractivity contribution in [1.29, 1.82) is 0 Å². The van der Waals surface area contributed by atoms with Gasteiger partial charge in [0.2, 0.25) is 0 Å². The molecule has 1 heterocycles. The first-order valence-electron chi connectivity index (χ1n) is 7.87. The van der Waals surface area contributed by atoms with Crippen LogP contribution in [0.25, 0.3) is 11.3 Å². The lowest BCUT2D eigenvalue weighted by molar-refractivity contribution is -0.137. The molecule has 0 radical (unpaired) electrons. The van der Waals surface area contributed by atoms with E-state index in [4.69, 9.17) is 5.11 Å². The van der Waals surface area contributed by atoms with E-state index in [1.165, 1.54) is 12.1 Å². The second-order valence-electron chi connectivity index (χ2n) is 5.49. The molecule has 0 aliphatic heterocycles. The normalized spacial score (nSPS) is 10.5. The van der Waals surface area contributed by atoms with Gasteiger partial charge in [-0.25, -0.2) is 4.39 Å². The largest absolute Gasteiger partial charge is 0.481 e. The summed E-state index contributed by atoms with van der Waals surface area (Å²) in [4.78, 5) is 22.4. The number of hydrogen-bond acceptors (Lipinski definition) is 3. The molecule has 0 spiro atoms. The number of aromatic nitrogens is 2. The molecule has 0 fully saturated rings. The molecule has 7 heteroatoms. The molecule has 0 unspecified atom stereocenters. The lowest BCUT2D eigenvalue weighted by Crippen LogP contribution is -2.24. The van der Waals surface area contributed by atoms with E-state index in [2.05, 4.69) is 15.5 Å². The van der Waals surface area contributed by atoms with Crippen LogP contribution >= 0.6 is 0 Å². The Morgan fingerprint density at radius 2 is 1.83 bits per heavy atom. The highest BCUT2D eigenvalue weighted by atomic mass is 19.1. The Kier molecular flexibility index (Phi) is 6.48. The summed E-state index contributed by atoms with van der Waals surface area (Å²) in [6.45, 7) is 0.525. The predicted molar refractivity (Wildman–Crippen MR) is 87.0 cm³/mol. The van der Waals surface area contributed by atoms with Crippen LogP contribution in [0.1, 0.15) is 42.6 Å². The maximum atomic E-state index is 12.9. The molecule has 1 aromatic heterocycles. The Morgan fingerprint density at radius 3 is 2.54 bits per heavy atom. The number of nitrogens with one attached hydrogen (secondary N) is 2. The zero-order chi connectivity index (χ0) is 17.4. The summed E-state index contributed by atoms with van der Waals surface area (Å²) in [5, 5.41) is 18.0. The van der Waals surface area contributed by atoms with Crippen LogP contribution in [0.2, 0.25) is 0 Å². The number of carboxylic acids is 1. The molecule has 0 saturated heterocycles. The molecule has 0 aliphatic carbocycles. The zero-order valence-corrected chi connectivity index (χ0v) is 13.2. The number of carboxylic acid groups (broad SMARTS) is 1. The second kappa shape index (κ2) is 8.81. The highest BCUT2D eigenvalue weighted by molar-refractivity contribution is 5.93. The van der Waals surface area contributed by atoms with Gasteiger partial charge in [-0.2, -0.15) is 5.10 Å². The van der Waals surface area contributed by atoms with Crippen molar-refractivity contribution in [2.45, 2.75) is 32.1 Å². The summed E-state index contributed by atoms with van der Waals surface area (Å²) in [7, 11) is 0. The van der Waals surface area contributed by atoms with Crippen molar-refractivity contribution < 1.29 is 19.1 Å². The minimum absolute atomic E-state index is 0.187. The fourth-order valence-electron chi connectivity index (χ4n) is 2.26. The Bertz CT molecular complexity index is 683. The van der Waals surface area contributed by atoms with Crippen LogP contribution in [-0.2, 0) is 4.79 Å². The van der Waals surface area contributed by atoms with Gasteiger partial charge < -0.3 is 10.4 Å². The summed E-state index contributed by atoms with van der Waals surface area (Å²) in [6, 6.07) is 7.51. The molecule has 6 nitrogen and oxygen atoms in total. The molecule has 3 N–H and O–H groups in total. The quantitative estimate of drug-likeness (QED) is 0.615. The molecule has 0 atom stereocenters. The van der Waals surface area contributed by atoms with Gasteiger partial charge in [-0.15, -0.1) is 0 Å². The molecule has 2 rings (SSSR count). The van der Waals surface area contributed by atoms with Gasteiger partial charge in [0, 0.05) is 18.5 Å². The lowest BCUT2D eigenvalue weighted by atomic mass is 10.1. The van der Waals surface area contributed by atoms with Gasteiger partial charge in [0.1, 0.15) is 11.5 Å². The van der Waals surface area contributed by atoms with Crippen LogP contribution in [0, 0.1) is 5.82 Å². The van der Waals surface area contributed by atoms with Crippen LogP contribution < -0.4 is 5.32 Å². The number of carbonyl (C=O) groups is 2. The van der Waals surface area contributed by atoms with Crippen LogP contribution in [0.5, 0.6) is 0 Å². The standard InChI is InChI=1S/C17H20FN3O3/c18-13-8-6-12(7-9-13)14-11-15(21-20-14)17(24)19-10-4-2-1-3-5-16(22)23/h6-9,11H,1-5,10H2,(H,19,24)(H,20,21)(H,22,23). The van der Waals surface area contributed by atoms with E-state index < -0.39 is 5.97 Å². The summed E-state index contributed by atoms with van der Waals surface area (Å²) < 4.78 is 12.9. The van der Waals surface area contributed by atoms with E-state index in [0.717, 1.165) is 24.8 Å². The molecule has 2 aromatic rings. The van der Waals surface area contributed by atoms with Gasteiger partial charge in [0.05, 0.1) is 5.69 Å². The van der Waals surface area contributed by atoms with E-state index in [9.17, 15) is 14.0 Å². The van der Waals surface area contributed by atoms with E-state index in [-0.39, 0.29) is 18.1 Å². The van der Waals surface area contributed by atoms with E-state index in [1.807, 2.05) is 0 Å². The number of carbonyl (C=O) groups excluding carboxylic acids is 1. The number of H-pyrrole nitrogens is 1. The summed E-state index contributed by atoms with van der Waals surface area (Å²) in [6.07, 6.45) is 3.35. The first kappa shape index (κ1) is 17.7. The summed E-state index contributed by atoms with van der Waals surface area (Å²) in [5.74, 6) is -1.35. The SMILES string of the molecule is O=C(O)CCCCCCNC(=O)c1cc(-c2ccc(F)cc2)n[nH]1. The van der Waals surface area contributed by atoms with Gasteiger partial charge in [-0.05, 0) is 43.2 Å². The van der Waals surface area contributed by atoms with Gasteiger partial charge >= 0.3 is 5.97 Å². The van der Waals surface area contributed by atoms with Crippen molar-refractivity contribution in [2.24, 2.45) is 0 Å². The molecular weight excluding hydrogens is 313 g/mol. The number of rotatable bonds is 9. The Morgan fingerprint density at radius 1 is 1.12 bits per heavy atom. The molecule has 0 bridgehead atoms. The Balaban J connectivity index is 1.73. The van der Waals surface area contributed by atoms with Crippen molar-refractivity contribution in [3.05, 3.63) is 41.8 Å². The van der Waals surface area contributed by atoms with Crippen molar-refractivity contribution in [2.75, 3.05) is 6.54 Å². The van der Waals surface area contributed by atoms with Gasteiger partial charge in [0.25, 0.3) is 5.91 Å². The van der Waals surface area contributed by atoms with Crippen molar-refractivity contribution in [3.8, 4) is 11.3 Å². The van der Waals surface area contributed by atoms with E-state index >= 15 is 0 Å². The first-order chi connectivity index (χ1) is 11.6. The van der Waals surface area contributed by atoms with Crippen molar-refractivity contribution in [1.82, 2.24) is 15.5 Å².